The Kier molecular flexibility index (Phi) is 5.16. The molecule has 0 aliphatic carbocycles. The molecule has 19 heavy (non-hydrogen) atoms. The molecule has 0 spiro atoms. The summed E-state index contributed by atoms with van der Waals surface area (Å²) in [5.41, 5.74) is 1.79. The molecule has 0 amide bonds. The van der Waals surface area contributed by atoms with E-state index in [-0.39, 0.29) is 18.0 Å². The number of carbonyl (C=O) groups is 1. The van der Waals surface area contributed by atoms with Crippen molar-refractivity contribution in [2.75, 3.05) is 13.2 Å². The third kappa shape index (κ3) is 5.16. The Bertz CT molecular complexity index is 438. The maximum atomic E-state index is 11.1. The Hall–Kier alpha value is -1.77. The number of benzene rings is 1. The first kappa shape index (κ1) is 15.3. The minimum Gasteiger partial charge on any atom is -0.490 e. The van der Waals surface area contributed by atoms with Crippen LogP contribution in [-0.2, 0) is 14.9 Å². The fraction of sp³-hybridized carbons (Fsp3) is 0.438. The molecular formula is C16H22O3. The van der Waals surface area contributed by atoms with E-state index in [1.807, 2.05) is 12.1 Å². The van der Waals surface area contributed by atoms with E-state index < -0.39 is 0 Å². The fourth-order valence-electron chi connectivity index (χ4n) is 1.47. The highest BCUT2D eigenvalue weighted by atomic mass is 16.6. The Balaban J connectivity index is 2.39. The van der Waals surface area contributed by atoms with E-state index in [0.717, 1.165) is 5.75 Å². The average Bonchev–Trinajstić information content (AvgIpc) is 2.33. The van der Waals surface area contributed by atoms with Gasteiger partial charge < -0.3 is 9.47 Å². The van der Waals surface area contributed by atoms with Gasteiger partial charge in [0.25, 0.3) is 0 Å². The summed E-state index contributed by atoms with van der Waals surface area (Å²) < 4.78 is 10.4. The smallest absolute Gasteiger partial charge is 0.333 e. The molecule has 0 saturated heterocycles. The van der Waals surface area contributed by atoms with E-state index in [2.05, 4.69) is 39.5 Å². The van der Waals surface area contributed by atoms with E-state index in [1.54, 1.807) is 6.92 Å². The van der Waals surface area contributed by atoms with Crippen LogP contribution < -0.4 is 4.74 Å². The topological polar surface area (TPSA) is 35.5 Å². The van der Waals surface area contributed by atoms with Gasteiger partial charge in [0.15, 0.2) is 0 Å². The fourth-order valence-corrected chi connectivity index (χ4v) is 1.47. The molecule has 0 heterocycles. The van der Waals surface area contributed by atoms with Crippen molar-refractivity contribution in [1.82, 2.24) is 0 Å². The molecule has 0 aromatic heterocycles. The lowest BCUT2D eigenvalue weighted by Crippen LogP contribution is -2.13. The van der Waals surface area contributed by atoms with Gasteiger partial charge in [-0.3, -0.25) is 0 Å². The third-order valence-electron chi connectivity index (χ3n) is 2.65. The molecule has 0 aliphatic rings. The van der Waals surface area contributed by atoms with E-state index >= 15 is 0 Å². The molecule has 0 aliphatic heterocycles. The van der Waals surface area contributed by atoms with Crippen molar-refractivity contribution in [3.63, 3.8) is 0 Å². The van der Waals surface area contributed by atoms with Crippen molar-refractivity contribution >= 4 is 5.97 Å². The average molecular weight is 262 g/mol. The Labute approximate surface area is 115 Å². The van der Waals surface area contributed by atoms with E-state index in [9.17, 15) is 4.79 Å². The molecule has 104 valence electrons. The lowest BCUT2D eigenvalue weighted by Gasteiger charge is -2.19. The lowest BCUT2D eigenvalue weighted by molar-refractivity contribution is -0.139. The minimum atomic E-state index is -0.383. The van der Waals surface area contributed by atoms with Crippen molar-refractivity contribution in [2.45, 2.75) is 33.1 Å². The van der Waals surface area contributed by atoms with Crippen LogP contribution in [0.5, 0.6) is 5.75 Å². The zero-order chi connectivity index (χ0) is 14.5. The number of ether oxygens (including phenoxy) is 2. The second-order valence-corrected chi connectivity index (χ2v) is 5.54. The Morgan fingerprint density at radius 2 is 1.74 bits per heavy atom. The maximum Gasteiger partial charge on any atom is 0.333 e. The first-order valence-electron chi connectivity index (χ1n) is 6.36. The van der Waals surface area contributed by atoms with Gasteiger partial charge in [-0.05, 0) is 30.0 Å². The standard InChI is InChI=1S/C16H22O3/c1-12(2)15(17)19-11-10-18-14-8-6-13(7-9-14)16(3,4)5/h6-9H,1,10-11H2,2-5H3. The highest BCUT2D eigenvalue weighted by molar-refractivity contribution is 5.86. The number of rotatable bonds is 5. The van der Waals surface area contributed by atoms with Gasteiger partial charge in [0, 0.05) is 5.57 Å². The van der Waals surface area contributed by atoms with Gasteiger partial charge in [0.2, 0.25) is 0 Å². The molecule has 1 aromatic rings. The van der Waals surface area contributed by atoms with Crippen LogP contribution in [0.15, 0.2) is 36.4 Å². The summed E-state index contributed by atoms with van der Waals surface area (Å²) in [5.74, 6) is 0.394. The van der Waals surface area contributed by atoms with Crippen LogP contribution in [0.25, 0.3) is 0 Å². The predicted octanol–water partition coefficient (Wildman–Crippen LogP) is 3.48. The molecule has 0 radical (unpaired) electrons. The van der Waals surface area contributed by atoms with Crippen LogP contribution in [0.2, 0.25) is 0 Å². The summed E-state index contributed by atoms with van der Waals surface area (Å²) in [4.78, 5) is 11.1. The molecular weight excluding hydrogens is 240 g/mol. The van der Waals surface area contributed by atoms with Crippen LogP contribution in [-0.4, -0.2) is 19.2 Å². The highest BCUT2D eigenvalue weighted by Crippen LogP contribution is 2.24. The second kappa shape index (κ2) is 6.41. The van der Waals surface area contributed by atoms with Crippen molar-refractivity contribution < 1.29 is 14.3 Å². The highest BCUT2D eigenvalue weighted by Gasteiger charge is 2.12. The largest absolute Gasteiger partial charge is 0.490 e. The number of hydrogen-bond acceptors (Lipinski definition) is 3. The molecule has 3 nitrogen and oxygen atoms in total. The molecule has 0 unspecified atom stereocenters. The van der Waals surface area contributed by atoms with Gasteiger partial charge in [0.05, 0.1) is 0 Å². The van der Waals surface area contributed by atoms with Crippen molar-refractivity contribution in [3.8, 4) is 5.75 Å². The summed E-state index contributed by atoms with van der Waals surface area (Å²) >= 11 is 0. The first-order valence-corrected chi connectivity index (χ1v) is 6.36. The number of hydrogen-bond donors (Lipinski definition) is 0. The van der Waals surface area contributed by atoms with Crippen LogP contribution in [0, 0.1) is 0 Å². The van der Waals surface area contributed by atoms with Crippen LogP contribution in [0.1, 0.15) is 33.3 Å². The first-order chi connectivity index (χ1) is 8.80. The minimum absolute atomic E-state index is 0.134. The quantitative estimate of drug-likeness (QED) is 0.463. The number of esters is 1. The van der Waals surface area contributed by atoms with E-state index in [4.69, 9.17) is 9.47 Å². The van der Waals surface area contributed by atoms with Crippen molar-refractivity contribution in [3.05, 3.63) is 42.0 Å². The van der Waals surface area contributed by atoms with Crippen LogP contribution >= 0.6 is 0 Å². The molecule has 1 aromatic carbocycles. The second-order valence-electron chi connectivity index (χ2n) is 5.54. The normalized spacial score (nSPS) is 10.9. The monoisotopic (exact) mass is 262 g/mol. The van der Waals surface area contributed by atoms with Crippen molar-refractivity contribution in [1.29, 1.82) is 0 Å². The molecule has 0 N–H and O–H groups in total. The van der Waals surface area contributed by atoms with E-state index in [1.165, 1.54) is 5.56 Å². The third-order valence-corrected chi connectivity index (χ3v) is 2.65. The van der Waals surface area contributed by atoms with Gasteiger partial charge in [-0.25, -0.2) is 4.79 Å². The zero-order valence-corrected chi connectivity index (χ0v) is 12.2. The summed E-state index contributed by atoms with van der Waals surface area (Å²) in [6, 6.07) is 7.97. The summed E-state index contributed by atoms with van der Waals surface area (Å²) in [6.45, 7) is 12.2. The van der Waals surface area contributed by atoms with Crippen LogP contribution in [0.3, 0.4) is 0 Å². The SMILES string of the molecule is C=C(C)C(=O)OCCOc1ccc(C(C)(C)C)cc1. The molecule has 1 rings (SSSR count). The lowest BCUT2D eigenvalue weighted by atomic mass is 9.87. The predicted molar refractivity (Wildman–Crippen MR) is 76.4 cm³/mol. The summed E-state index contributed by atoms with van der Waals surface area (Å²) in [6.07, 6.45) is 0. The molecule has 0 bridgehead atoms. The Morgan fingerprint density at radius 3 is 2.21 bits per heavy atom. The van der Waals surface area contributed by atoms with Gasteiger partial charge in [-0.1, -0.05) is 39.5 Å². The summed E-state index contributed by atoms with van der Waals surface area (Å²) in [5, 5.41) is 0. The van der Waals surface area contributed by atoms with Gasteiger partial charge in [-0.15, -0.1) is 0 Å². The zero-order valence-electron chi connectivity index (χ0n) is 12.2. The Morgan fingerprint density at radius 1 is 1.16 bits per heavy atom. The van der Waals surface area contributed by atoms with Gasteiger partial charge >= 0.3 is 5.97 Å². The van der Waals surface area contributed by atoms with Gasteiger partial charge in [0.1, 0.15) is 19.0 Å². The molecule has 0 fully saturated rings. The van der Waals surface area contributed by atoms with Crippen LogP contribution in [0.4, 0.5) is 0 Å². The molecule has 3 heteroatoms. The molecule has 0 saturated carbocycles. The maximum absolute atomic E-state index is 11.1. The number of carbonyl (C=O) groups excluding carboxylic acids is 1. The van der Waals surface area contributed by atoms with Crippen molar-refractivity contribution in [2.24, 2.45) is 0 Å². The van der Waals surface area contributed by atoms with E-state index in [0.29, 0.717) is 12.2 Å². The summed E-state index contributed by atoms with van der Waals surface area (Å²) in [7, 11) is 0. The van der Waals surface area contributed by atoms with Gasteiger partial charge in [-0.2, -0.15) is 0 Å². The molecule has 0 atom stereocenters.